The normalized spacial score (nSPS) is 11.6. The molecule has 1 unspecified atom stereocenters. The molecular formula is C13H22N2O4S. The van der Waals surface area contributed by atoms with Crippen molar-refractivity contribution in [2.45, 2.75) is 26.8 Å². The van der Waals surface area contributed by atoms with E-state index < -0.39 is 17.9 Å². The van der Waals surface area contributed by atoms with Gasteiger partial charge in [-0.05, 0) is 13.8 Å². The van der Waals surface area contributed by atoms with Crippen LogP contribution in [0.2, 0.25) is 0 Å². The number of nitrogens with one attached hydrogen (secondary N) is 1. The van der Waals surface area contributed by atoms with E-state index in [0.29, 0.717) is 13.1 Å². The number of carboxylic acids is 1. The molecule has 0 saturated carbocycles. The van der Waals surface area contributed by atoms with Crippen LogP contribution in [0.4, 0.5) is 0 Å². The van der Waals surface area contributed by atoms with Gasteiger partial charge in [0.25, 0.3) is 0 Å². The number of hydrogen-bond acceptors (Lipinski definition) is 4. The average Bonchev–Trinajstić information content (AvgIpc) is 2.33. The maximum absolute atomic E-state index is 11.9. The summed E-state index contributed by atoms with van der Waals surface area (Å²) in [6.07, 6.45) is 0. The molecule has 0 aliphatic rings. The molecular weight excluding hydrogens is 280 g/mol. The lowest BCUT2D eigenvalue weighted by atomic mass is 10.3. The average molecular weight is 302 g/mol. The Hall–Kier alpha value is -1.50. The highest BCUT2D eigenvalue weighted by molar-refractivity contribution is 8.00. The molecule has 0 spiro atoms. The summed E-state index contributed by atoms with van der Waals surface area (Å²) in [5.41, 5.74) is 0.895. The number of carbonyl (C=O) groups excluding carboxylic acids is 2. The second-order valence-corrected chi connectivity index (χ2v) is 5.50. The smallest absolute Gasteiger partial charge is 0.327 e. The molecule has 0 aliphatic heterocycles. The van der Waals surface area contributed by atoms with Crippen LogP contribution >= 0.6 is 11.8 Å². The van der Waals surface area contributed by atoms with Crippen LogP contribution in [0, 0.1) is 0 Å². The molecule has 20 heavy (non-hydrogen) atoms. The van der Waals surface area contributed by atoms with E-state index in [1.54, 1.807) is 4.90 Å². The van der Waals surface area contributed by atoms with Crippen LogP contribution in [0.3, 0.4) is 0 Å². The van der Waals surface area contributed by atoms with Crippen LogP contribution in [-0.4, -0.2) is 58.4 Å². The van der Waals surface area contributed by atoms with Crippen LogP contribution in [0.5, 0.6) is 0 Å². The van der Waals surface area contributed by atoms with Crippen molar-refractivity contribution in [3.8, 4) is 0 Å². The molecule has 0 fully saturated rings. The van der Waals surface area contributed by atoms with Crippen molar-refractivity contribution in [2.75, 3.05) is 24.6 Å². The number of thioether (sulfide) groups is 1. The first-order chi connectivity index (χ1) is 9.27. The van der Waals surface area contributed by atoms with Gasteiger partial charge in [-0.1, -0.05) is 12.2 Å². The fraction of sp³-hybridized carbons (Fsp3) is 0.615. The van der Waals surface area contributed by atoms with Crippen molar-refractivity contribution in [3.05, 3.63) is 12.2 Å². The summed E-state index contributed by atoms with van der Waals surface area (Å²) in [5.74, 6) is -1.22. The zero-order chi connectivity index (χ0) is 15.7. The lowest BCUT2D eigenvalue weighted by Gasteiger charge is -2.21. The van der Waals surface area contributed by atoms with E-state index in [1.807, 2.05) is 13.8 Å². The van der Waals surface area contributed by atoms with Gasteiger partial charge in [0.1, 0.15) is 6.04 Å². The Morgan fingerprint density at radius 1 is 1.35 bits per heavy atom. The Morgan fingerprint density at radius 3 is 2.35 bits per heavy atom. The predicted octanol–water partition coefficient (Wildman–Crippen LogP) is 0.733. The number of hydrogen-bond donors (Lipinski definition) is 2. The second-order valence-electron chi connectivity index (χ2n) is 4.47. The van der Waals surface area contributed by atoms with E-state index in [-0.39, 0.29) is 17.4 Å². The number of nitrogens with zero attached hydrogens (tertiary/aromatic N) is 1. The standard InChI is InChI=1S/C13H22N2O4S/c1-5-15(6-9(2)3)12(17)8-20-7-11(13(18)19)14-10(4)16/h11H,2,5-8H2,1,3-4H3,(H,14,16)(H,18,19). The minimum absolute atomic E-state index is 0.0625. The van der Waals surface area contributed by atoms with Crippen molar-refractivity contribution < 1.29 is 19.5 Å². The van der Waals surface area contributed by atoms with Crippen molar-refractivity contribution in [2.24, 2.45) is 0 Å². The Morgan fingerprint density at radius 2 is 1.95 bits per heavy atom. The SMILES string of the molecule is C=C(C)CN(CC)C(=O)CSCC(NC(C)=O)C(=O)O. The minimum atomic E-state index is -1.10. The first kappa shape index (κ1) is 18.5. The molecule has 0 saturated heterocycles. The highest BCUT2D eigenvalue weighted by atomic mass is 32.2. The maximum atomic E-state index is 11.9. The number of amides is 2. The van der Waals surface area contributed by atoms with Crippen molar-refractivity contribution >= 4 is 29.5 Å². The van der Waals surface area contributed by atoms with Gasteiger partial charge >= 0.3 is 5.97 Å². The Bertz CT molecular complexity index is 385. The molecule has 0 heterocycles. The van der Waals surface area contributed by atoms with Gasteiger partial charge in [-0.15, -0.1) is 11.8 Å². The van der Waals surface area contributed by atoms with Gasteiger partial charge < -0.3 is 15.3 Å². The first-order valence-corrected chi connectivity index (χ1v) is 7.43. The van der Waals surface area contributed by atoms with Gasteiger partial charge in [-0.2, -0.15) is 0 Å². The summed E-state index contributed by atoms with van der Waals surface area (Å²) in [6.45, 7) is 9.84. The number of carboxylic acid groups (broad SMARTS) is 1. The topological polar surface area (TPSA) is 86.7 Å². The van der Waals surface area contributed by atoms with E-state index in [9.17, 15) is 14.4 Å². The van der Waals surface area contributed by atoms with Gasteiger partial charge in [0, 0.05) is 25.8 Å². The monoisotopic (exact) mass is 302 g/mol. The lowest BCUT2D eigenvalue weighted by Crippen LogP contribution is -2.42. The molecule has 2 N–H and O–H groups in total. The quantitative estimate of drug-likeness (QED) is 0.613. The van der Waals surface area contributed by atoms with E-state index in [0.717, 1.165) is 5.57 Å². The zero-order valence-corrected chi connectivity index (χ0v) is 13.0. The highest BCUT2D eigenvalue weighted by Crippen LogP contribution is 2.07. The summed E-state index contributed by atoms with van der Waals surface area (Å²) in [6, 6.07) is -0.971. The molecule has 0 aliphatic carbocycles. The molecule has 1 atom stereocenters. The summed E-state index contributed by atoms with van der Waals surface area (Å²) in [5, 5.41) is 11.3. The molecule has 6 nitrogen and oxygen atoms in total. The zero-order valence-electron chi connectivity index (χ0n) is 12.1. The number of aliphatic carboxylic acids is 1. The minimum Gasteiger partial charge on any atom is -0.480 e. The summed E-state index contributed by atoms with van der Waals surface area (Å²) in [7, 11) is 0. The van der Waals surface area contributed by atoms with Crippen LogP contribution in [0.25, 0.3) is 0 Å². The Balaban J connectivity index is 4.25. The number of likely N-dealkylation sites (N-methyl/N-ethyl adjacent to an activating group) is 1. The molecule has 0 rings (SSSR count). The van der Waals surface area contributed by atoms with E-state index in [1.165, 1.54) is 18.7 Å². The fourth-order valence-electron chi connectivity index (χ4n) is 1.48. The number of carbonyl (C=O) groups is 3. The van der Waals surface area contributed by atoms with Gasteiger partial charge in [0.15, 0.2) is 0 Å². The number of rotatable bonds is 9. The fourth-order valence-corrected chi connectivity index (χ4v) is 2.41. The molecule has 2 amide bonds. The van der Waals surface area contributed by atoms with Crippen molar-refractivity contribution in [1.82, 2.24) is 10.2 Å². The molecule has 114 valence electrons. The molecule has 0 aromatic rings. The maximum Gasteiger partial charge on any atom is 0.327 e. The van der Waals surface area contributed by atoms with Crippen molar-refractivity contribution in [1.29, 1.82) is 0 Å². The summed E-state index contributed by atoms with van der Waals surface area (Å²) < 4.78 is 0. The Kier molecular flexibility index (Phi) is 8.71. The summed E-state index contributed by atoms with van der Waals surface area (Å²) >= 11 is 1.19. The van der Waals surface area contributed by atoms with E-state index in [4.69, 9.17) is 5.11 Å². The van der Waals surface area contributed by atoms with E-state index in [2.05, 4.69) is 11.9 Å². The van der Waals surface area contributed by atoms with Crippen molar-refractivity contribution in [3.63, 3.8) is 0 Å². The third-order valence-corrected chi connectivity index (χ3v) is 3.40. The van der Waals surface area contributed by atoms with Crippen LogP contribution in [0.1, 0.15) is 20.8 Å². The summed E-state index contributed by atoms with van der Waals surface area (Å²) in [4.78, 5) is 35.3. The second kappa shape index (κ2) is 9.41. The molecule has 0 aromatic heterocycles. The lowest BCUT2D eigenvalue weighted by molar-refractivity contribution is -0.140. The molecule has 0 bridgehead atoms. The van der Waals surface area contributed by atoms with Crippen LogP contribution < -0.4 is 5.32 Å². The van der Waals surface area contributed by atoms with Gasteiger partial charge in [-0.3, -0.25) is 9.59 Å². The molecule has 7 heteroatoms. The molecule has 0 radical (unpaired) electrons. The van der Waals surface area contributed by atoms with E-state index >= 15 is 0 Å². The highest BCUT2D eigenvalue weighted by Gasteiger charge is 2.19. The largest absolute Gasteiger partial charge is 0.480 e. The Labute approximate surface area is 123 Å². The first-order valence-electron chi connectivity index (χ1n) is 6.27. The third kappa shape index (κ3) is 7.83. The van der Waals surface area contributed by atoms with Gasteiger partial charge in [-0.25, -0.2) is 4.79 Å². The predicted molar refractivity (Wildman–Crippen MR) is 79.6 cm³/mol. The van der Waals surface area contributed by atoms with Crippen LogP contribution in [-0.2, 0) is 14.4 Å². The van der Waals surface area contributed by atoms with Gasteiger partial charge in [0.2, 0.25) is 11.8 Å². The molecule has 0 aromatic carbocycles. The van der Waals surface area contributed by atoms with Crippen LogP contribution in [0.15, 0.2) is 12.2 Å². The third-order valence-electron chi connectivity index (χ3n) is 2.38. The van der Waals surface area contributed by atoms with Gasteiger partial charge in [0.05, 0.1) is 5.75 Å².